The summed E-state index contributed by atoms with van der Waals surface area (Å²) in [4.78, 5) is 0. The second-order valence-electron chi connectivity index (χ2n) is 7.24. The van der Waals surface area contributed by atoms with Gasteiger partial charge in [-0.3, -0.25) is 0 Å². The fourth-order valence-electron chi connectivity index (χ4n) is 4.13. The van der Waals surface area contributed by atoms with Crippen molar-refractivity contribution in [2.75, 3.05) is 13.2 Å². The third-order valence-corrected chi connectivity index (χ3v) is 5.64. The lowest BCUT2D eigenvalue weighted by atomic mass is 9.66. The second-order valence-corrected chi connectivity index (χ2v) is 7.24. The molecule has 1 saturated heterocycles. The number of aliphatic hydroxyl groups is 1. The summed E-state index contributed by atoms with van der Waals surface area (Å²) in [6.07, 6.45) is 10.5. The molecule has 0 radical (unpaired) electrons. The van der Waals surface area contributed by atoms with Crippen LogP contribution < -0.4 is 5.73 Å². The van der Waals surface area contributed by atoms with E-state index < -0.39 is 17.8 Å². The Morgan fingerprint density at radius 2 is 1.62 bits per heavy atom. The lowest BCUT2D eigenvalue weighted by Gasteiger charge is -2.51. The molecule has 0 unspecified atom stereocenters. The van der Waals surface area contributed by atoms with E-state index in [1.54, 1.807) is 0 Å². The average molecular weight is 301 g/mol. The number of nitrogens with two attached hydrogens (primary N) is 1. The number of alkyl halides is 1. The topological polar surface area (TPSA) is 55.5 Å². The average Bonchev–Trinajstić information content (AvgIpc) is 2.49. The standard InChI is InChI=1S/C17H32FNO2/c1-14-11-16(18,12-20)17(19,13-21-14)15-9-7-5-3-2-4-6-8-10-15/h14-15,20H,2-13,19H2,1H3/t14-,16+,17+/m0/s1. The van der Waals surface area contributed by atoms with Gasteiger partial charge in [-0.2, -0.15) is 0 Å². The van der Waals surface area contributed by atoms with Crippen LogP contribution in [0.2, 0.25) is 0 Å². The minimum absolute atomic E-state index is 0.111. The molecule has 0 aromatic carbocycles. The van der Waals surface area contributed by atoms with Crippen molar-refractivity contribution in [3.63, 3.8) is 0 Å². The summed E-state index contributed by atoms with van der Waals surface area (Å²) in [6.45, 7) is 1.60. The smallest absolute Gasteiger partial charge is 0.156 e. The number of hydrogen-bond donors (Lipinski definition) is 2. The molecule has 3 N–H and O–H groups in total. The molecule has 0 aromatic heterocycles. The van der Waals surface area contributed by atoms with E-state index in [0.717, 1.165) is 25.7 Å². The fourth-order valence-corrected chi connectivity index (χ4v) is 4.13. The van der Waals surface area contributed by atoms with E-state index in [1.165, 1.54) is 32.1 Å². The Kier molecular flexibility index (Phi) is 6.04. The van der Waals surface area contributed by atoms with Crippen molar-refractivity contribution in [1.82, 2.24) is 0 Å². The zero-order valence-electron chi connectivity index (χ0n) is 13.5. The minimum atomic E-state index is -1.71. The Morgan fingerprint density at radius 1 is 1.10 bits per heavy atom. The molecule has 0 spiro atoms. The maximum Gasteiger partial charge on any atom is 0.156 e. The zero-order chi connectivity index (χ0) is 15.3. The van der Waals surface area contributed by atoms with E-state index in [9.17, 15) is 5.11 Å². The molecule has 3 atom stereocenters. The lowest BCUT2D eigenvalue weighted by molar-refractivity contribution is -0.152. The van der Waals surface area contributed by atoms with Gasteiger partial charge in [0.2, 0.25) is 0 Å². The summed E-state index contributed by atoms with van der Waals surface area (Å²) < 4.78 is 21.0. The molecular formula is C17H32FNO2. The van der Waals surface area contributed by atoms with Crippen LogP contribution in [-0.2, 0) is 4.74 Å². The largest absolute Gasteiger partial charge is 0.393 e. The van der Waals surface area contributed by atoms with E-state index in [2.05, 4.69) is 0 Å². The molecule has 1 saturated carbocycles. The van der Waals surface area contributed by atoms with Gasteiger partial charge in [0.15, 0.2) is 5.67 Å². The molecule has 1 aliphatic heterocycles. The summed E-state index contributed by atoms with van der Waals surface area (Å²) in [5.41, 5.74) is 3.79. The highest BCUT2D eigenvalue weighted by atomic mass is 19.1. The Balaban J connectivity index is 2.13. The summed E-state index contributed by atoms with van der Waals surface area (Å²) >= 11 is 0. The first-order valence-electron chi connectivity index (χ1n) is 8.72. The number of aliphatic hydroxyl groups excluding tert-OH is 1. The number of rotatable bonds is 2. The van der Waals surface area contributed by atoms with Crippen molar-refractivity contribution < 1.29 is 14.2 Å². The van der Waals surface area contributed by atoms with Gasteiger partial charge >= 0.3 is 0 Å². The second kappa shape index (κ2) is 7.38. The van der Waals surface area contributed by atoms with Crippen LogP contribution in [0.25, 0.3) is 0 Å². The number of halogens is 1. The van der Waals surface area contributed by atoms with Gasteiger partial charge < -0.3 is 15.6 Å². The zero-order valence-corrected chi connectivity index (χ0v) is 13.5. The molecule has 3 nitrogen and oxygen atoms in total. The van der Waals surface area contributed by atoms with Crippen molar-refractivity contribution in [1.29, 1.82) is 0 Å². The van der Waals surface area contributed by atoms with Gasteiger partial charge in [-0.15, -0.1) is 0 Å². The Hall–Kier alpha value is -0.190. The molecule has 1 aliphatic carbocycles. The summed E-state index contributed by atoms with van der Waals surface area (Å²) in [7, 11) is 0. The monoisotopic (exact) mass is 301 g/mol. The van der Waals surface area contributed by atoms with Gasteiger partial charge in [-0.1, -0.05) is 44.9 Å². The highest BCUT2D eigenvalue weighted by Crippen LogP contribution is 2.43. The molecular weight excluding hydrogens is 269 g/mol. The van der Waals surface area contributed by atoms with Crippen molar-refractivity contribution in [3.05, 3.63) is 0 Å². The molecule has 21 heavy (non-hydrogen) atoms. The highest BCUT2D eigenvalue weighted by Gasteiger charge is 2.56. The van der Waals surface area contributed by atoms with Crippen LogP contribution in [0.1, 0.15) is 71.1 Å². The summed E-state index contributed by atoms with van der Waals surface area (Å²) in [6, 6.07) is 0. The summed E-state index contributed by atoms with van der Waals surface area (Å²) in [5.74, 6) is 0.111. The van der Waals surface area contributed by atoms with Crippen LogP contribution >= 0.6 is 0 Å². The molecule has 0 amide bonds. The van der Waals surface area contributed by atoms with E-state index >= 15 is 4.39 Å². The molecule has 2 aliphatic rings. The molecule has 1 heterocycles. The first-order chi connectivity index (χ1) is 10.0. The summed E-state index contributed by atoms with van der Waals surface area (Å²) in [5, 5.41) is 9.65. The third-order valence-electron chi connectivity index (χ3n) is 5.64. The normalized spacial score (nSPS) is 40.9. The predicted octanol–water partition coefficient (Wildman–Crippen LogP) is 3.33. The Morgan fingerprint density at radius 3 is 2.14 bits per heavy atom. The maximum atomic E-state index is 15.3. The van der Waals surface area contributed by atoms with E-state index in [1.807, 2.05) is 6.92 Å². The number of ether oxygens (including phenoxy) is 1. The molecule has 0 bridgehead atoms. The quantitative estimate of drug-likeness (QED) is 0.822. The molecule has 0 aromatic rings. The van der Waals surface area contributed by atoms with Crippen LogP contribution in [0, 0.1) is 5.92 Å². The highest BCUT2D eigenvalue weighted by molar-refractivity contribution is 5.10. The van der Waals surface area contributed by atoms with Crippen LogP contribution in [0.4, 0.5) is 4.39 Å². The maximum absolute atomic E-state index is 15.3. The van der Waals surface area contributed by atoms with Crippen molar-refractivity contribution in [2.45, 2.75) is 88.4 Å². The first kappa shape index (κ1) is 17.2. The van der Waals surface area contributed by atoms with Gasteiger partial charge in [-0.25, -0.2) is 4.39 Å². The van der Waals surface area contributed by atoms with Crippen molar-refractivity contribution >= 4 is 0 Å². The van der Waals surface area contributed by atoms with Crippen LogP contribution in [-0.4, -0.2) is 35.6 Å². The van der Waals surface area contributed by atoms with Crippen molar-refractivity contribution in [3.8, 4) is 0 Å². The molecule has 2 fully saturated rings. The van der Waals surface area contributed by atoms with Crippen LogP contribution in [0.5, 0.6) is 0 Å². The fraction of sp³-hybridized carbons (Fsp3) is 1.00. The van der Waals surface area contributed by atoms with Gasteiger partial charge in [0.25, 0.3) is 0 Å². The lowest BCUT2D eigenvalue weighted by Crippen LogP contribution is -2.70. The molecule has 4 heteroatoms. The van der Waals surface area contributed by atoms with Gasteiger partial charge in [0, 0.05) is 6.42 Å². The van der Waals surface area contributed by atoms with Crippen LogP contribution in [0.15, 0.2) is 0 Å². The number of hydrogen-bond acceptors (Lipinski definition) is 3. The van der Waals surface area contributed by atoms with Crippen LogP contribution in [0.3, 0.4) is 0 Å². The van der Waals surface area contributed by atoms with Gasteiger partial charge in [-0.05, 0) is 25.7 Å². The Labute approximate surface area is 128 Å². The Bertz CT molecular complexity index is 318. The minimum Gasteiger partial charge on any atom is -0.393 e. The molecule has 124 valence electrons. The van der Waals surface area contributed by atoms with Gasteiger partial charge in [0.1, 0.15) is 0 Å². The van der Waals surface area contributed by atoms with Crippen molar-refractivity contribution in [2.24, 2.45) is 11.7 Å². The SMILES string of the molecule is C[C@H]1C[C@@](F)(CO)[C@](N)(C2CCCCCCCCC2)CO1. The molecule has 2 rings (SSSR count). The van der Waals surface area contributed by atoms with Gasteiger partial charge in [0.05, 0.1) is 24.9 Å². The third kappa shape index (κ3) is 3.77. The predicted molar refractivity (Wildman–Crippen MR) is 82.9 cm³/mol. The van der Waals surface area contributed by atoms with E-state index in [-0.39, 0.29) is 25.0 Å². The van der Waals surface area contributed by atoms with E-state index in [4.69, 9.17) is 10.5 Å². The van der Waals surface area contributed by atoms with E-state index in [0.29, 0.717) is 0 Å². The first-order valence-corrected chi connectivity index (χ1v) is 8.72.